The number of benzene rings is 1. The predicted octanol–water partition coefficient (Wildman–Crippen LogP) is 3.92. The van der Waals surface area contributed by atoms with Gasteiger partial charge in [0.15, 0.2) is 5.41 Å². The highest BCUT2D eigenvalue weighted by atomic mass is 16.6. The fraction of sp³-hybridized carbons (Fsp3) is 0.579. The molecule has 0 aliphatic carbocycles. The summed E-state index contributed by atoms with van der Waals surface area (Å²) >= 11 is 0. The fourth-order valence-electron chi connectivity index (χ4n) is 2.40. The van der Waals surface area contributed by atoms with E-state index in [9.17, 15) is 9.59 Å². The first kappa shape index (κ1) is 19.2. The monoisotopic (exact) mass is 320 g/mol. The second-order valence-electron chi connectivity index (χ2n) is 5.65. The van der Waals surface area contributed by atoms with E-state index >= 15 is 0 Å². The zero-order valence-electron chi connectivity index (χ0n) is 14.5. The van der Waals surface area contributed by atoms with Gasteiger partial charge < -0.3 is 9.47 Å². The molecule has 0 saturated carbocycles. The van der Waals surface area contributed by atoms with Gasteiger partial charge in [0.05, 0.1) is 13.2 Å². The molecular formula is C19H28O4. The number of rotatable bonds is 10. The summed E-state index contributed by atoms with van der Waals surface area (Å²) in [5, 5.41) is 0. The summed E-state index contributed by atoms with van der Waals surface area (Å²) in [5.41, 5.74) is -0.0748. The smallest absolute Gasteiger partial charge is 0.323 e. The number of carbonyl (C=O) groups is 2. The van der Waals surface area contributed by atoms with Crippen LogP contribution in [0.2, 0.25) is 0 Å². The minimum Gasteiger partial charge on any atom is -0.465 e. The van der Waals surface area contributed by atoms with Crippen LogP contribution in [0.3, 0.4) is 0 Å². The van der Waals surface area contributed by atoms with E-state index in [1.807, 2.05) is 51.1 Å². The van der Waals surface area contributed by atoms with Crippen molar-refractivity contribution in [2.75, 3.05) is 13.2 Å². The highest BCUT2D eigenvalue weighted by molar-refractivity contribution is 5.99. The molecule has 4 heteroatoms. The Morgan fingerprint density at radius 2 is 1.48 bits per heavy atom. The van der Waals surface area contributed by atoms with E-state index in [2.05, 4.69) is 0 Å². The summed E-state index contributed by atoms with van der Waals surface area (Å²) < 4.78 is 10.7. The molecule has 1 rings (SSSR count). The molecule has 1 aromatic rings. The van der Waals surface area contributed by atoms with Gasteiger partial charge in [-0.2, -0.15) is 0 Å². The Balaban J connectivity index is 2.60. The molecular weight excluding hydrogens is 292 g/mol. The molecule has 0 unspecified atom stereocenters. The largest absolute Gasteiger partial charge is 0.465 e. The van der Waals surface area contributed by atoms with Crippen LogP contribution in [0.15, 0.2) is 30.3 Å². The lowest BCUT2D eigenvalue weighted by atomic mass is 9.82. The van der Waals surface area contributed by atoms with Crippen LogP contribution in [0.1, 0.15) is 52.0 Å². The molecule has 128 valence electrons. The van der Waals surface area contributed by atoms with Gasteiger partial charge in [0.2, 0.25) is 0 Å². The van der Waals surface area contributed by atoms with Crippen LogP contribution in [-0.2, 0) is 25.5 Å². The summed E-state index contributed by atoms with van der Waals surface area (Å²) in [5.74, 6) is -0.930. The van der Waals surface area contributed by atoms with Crippen molar-refractivity contribution in [2.45, 2.75) is 52.9 Å². The normalized spacial score (nSPS) is 11.1. The van der Waals surface area contributed by atoms with E-state index in [1.54, 1.807) is 0 Å². The summed E-state index contributed by atoms with van der Waals surface area (Å²) in [6.07, 6.45) is 3.16. The molecule has 0 spiro atoms. The molecule has 0 aliphatic rings. The Morgan fingerprint density at radius 1 is 0.913 bits per heavy atom. The second-order valence-corrected chi connectivity index (χ2v) is 5.65. The van der Waals surface area contributed by atoms with Gasteiger partial charge in [-0.25, -0.2) is 0 Å². The third kappa shape index (κ3) is 5.38. The average molecular weight is 320 g/mol. The van der Waals surface area contributed by atoms with Gasteiger partial charge in [-0.3, -0.25) is 9.59 Å². The van der Waals surface area contributed by atoms with E-state index in [1.165, 1.54) is 0 Å². The molecule has 0 fully saturated rings. The van der Waals surface area contributed by atoms with E-state index in [-0.39, 0.29) is 6.61 Å². The third-order valence-electron chi connectivity index (χ3n) is 4.19. The molecule has 0 atom stereocenters. The van der Waals surface area contributed by atoms with Crippen LogP contribution in [0.5, 0.6) is 0 Å². The summed E-state index contributed by atoms with van der Waals surface area (Å²) in [4.78, 5) is 24.8. The van der Waals surface area contributed by atoms with Gasteiger partial charge in [0, 0.05) is 6.42 Å². The van der Waals surface area contributed by atoms with E-state index in [0.717, 1.165) is 18.4 Å². The quantitative estimate of drug-likeness (QED) is 0.372. The van der Waals surface area contributed by atoms with Crippen LogP contribution in [0.4, 0.5) is 0 Å². The summed E-state index contributed by atoms with van der Waals surface area (Å²) in [6.45, 7) is 6.30. The lowest BCUT2D eigenvalue weighted by Crippen LogP contribution is -2.41. The SMILES string of the molecule is CCCCOC(=O)C(CC)(CC)C(=O)OCCc1ccccc1. The van der Waals surface area contributed by atoms with E-state index < -0.39 is 17.4 Å². The maximum absolute atomic E-state index is 12.5. The number of carbonyl (C=O) groups excluding carboxylic acids is 2. The van der Waals surface area contributed by atoms with Crippen molar-refractivity contribution >= 4 is 11.9 Å². The zero-order chi connectivity index (χ0) is 17.1. The molecule has 0 radical (unpaired) electrons. The number of hydrogen-bond acceptors (Lipinski definition) is 4. The first-order valence-corrected chi connectivity index (χ1v) is 8.49. The number of esters is 2. The van der Waals surface area contributed by atoms with Crippen LogP contribution in [0.25, 0.3) is 0 Å². The standard InChI is InChI=1S/C19H28O4/c1-4-7-14-22-17(20)19(5-2,6-3)18(21)23-15-13-16-11-9-8-10-12-16/h8-12H,4-7,13-15H2,1-3H3. The Hall–Kier alpha value is -1.84. The molecule has 0 heterocycles. The van der Waals surface area contributed by atoms with Crippen molar-refractivity contribution in [3.8, 4) is 0 Å². The Kier molecular flexibility index (Phi) is 8.38. The number of hydrogen-bond donors (Lipinski definition) is 0. The Morgan fingerprint density at radius 3 is 2.00 bits per heavy atom. The predicted molar refractivity (Wildman–Crippen MR) is 90.0 cm³/mol. The van der Waals surface area contributed by atoms with Crippen molar-refractivity contribution < 1.29 is 19.1 Å². The van der Waals surface area contributed by atoms with Crippen LogP contribution >= 0.6 is 0 Å². The highest BCUT2D eigenvalue weighted by Crippen LogP contribution is 2.30. The van der Waals surface area contributed by atoms with Crippen molar-refractivity contribution in [1.82, 2.24) is 0 Å². The molecule has 0 aliphatic heterocycles. The Labute approximate surface area is 139 Å². The highest BCUT2D eigenvalue weighted by Gasteiger charge is 2.45. The van der Waals surface area contributed by atoms with Crippen molar-refractivity contribution in [2.24, 2.45) is 5.41 Å². The number of unbranched alkanes of at least 4 members (excludes halogenated alkanes) is 1. The van der Waals surface area contributed by atoms with E-state index in [4.69, 9.17) is 9.47 Å². The first-order valence-electron chi connectivity index (χ1n) is 8.49. The lowest BCUT2D eigenvalue weighted by Gasteiger charge is -2.26. The van der Waals surface area contributed by atoms with Crippen molar-refractivity contribution in [1.29, 1.82) is 0 Å². The maximum atomic E-state index is 12.5. The average Bonchev–Trinajstić information content (AvgIpc) is 2.58. The molecule has 0 saturated heterocycles. The van der Waals surface area contributed by atoms with Gasteiger partial charge in [-0.15, -0.1) is 0 Å². The summed E-state index contributed by atoms with van der Waals surface area (Å²) in [7, 11) is 0. The van der Waals surface area contributed by atoms with Gasteiger partial charge in [0.1, 0.15) is 0 Å². The first-order chi connectivity index (χ1) is 11.1. The molecule has 0 bridgehead atoms. The van der Waals surface area contributed by atoms with Gasteiger partial charge >= 0.3 is 11.9 Å². The maximum Gasteiger partial charge on any atom is 0.323 e. The van der Waals surface area contributed by atoms with Crippen LogP contribution in [-0.4, -0.2) is 25.2 Å². The topological polar surface area (TPSA) is 52.6 Å². The van der Waals surface area contributed by atoms with Crippen molar-refractivity contribution in [3.63, 3.8) is 0 Å². The van der Waals surface area contributed by atoms with E-state index in [0.29, 0.717) is 25.9 Å². The minimum absolute atomic E-state index is 0.271. The molecule has 0 amide bonds. The second kappa shape index (κ2) is 10.0. The van der Waals surface area contributed by atoms with Crippen molar-refractivity contribution in [3.05, 3.63) is 35.9 Å². The fourth-order valence-corrected chi connectivity index (χ4v) is 2.40. The molecule has 23 heavy (non-hydrogen) atoms. The molecule has 1 aromatic carbocycles. The molecule has 4 nitrogen and oxygen atoms in total. The lowest BCUT2D eigenvalue weighted by molar-refractivity contribution is -0.173. The minimum atomic E-state index is -1.18. The zero-order valence-corrected chi connectivity index (χ0v) is 14.5. The van der Waals surface area contributed by atoms with Crippen LogP contribution < -0.4 is 0 Å². The number of ether oxygens (including phenoxy) is 2. The van der Waals surface area contributed by atoms with Gasteiger partial charge in [-0.05, 0) is 24.8 Å². The molecule has 0 N–H and O–H groups in total. The van der Waals surface area contributed by atoms with Crippen LogP contribution in [0, 0.1) is 5.41 Å². The molecule has 0 aromatic heterocycles. The third-order valence-corrected chi connectivity index (χ3v) is 4.19. The van der Waals surface area contributed by atoms with Gasteiger partial charge in [-0.1, -0.05) is 57.5 Å². The Bertz CT molecular complexity index is 477. The summed E-state index contributed by atoms with van der Waals surface area (Å²) in [6, 6.07) is 9.82. The van der Waals surface area contributed by atoms with Gasteiger partial charge in [0.25, 0.3) is 0 Å².